The van der Waals surface area contributed by atoms with E-state index in [1.54, 1.807) is 14.0 Å². The molecular weight excluding hydrogens is 314 g/mol. The first-order chi connectivity index (χ1) is 12.1. The Morgan fingerprint density at radius 2 is 1.84 bits per heavy atom. The highest BCUT2D eigenvalue weighted by Gasteiger charge is 2.18. The molecule has 0 bridgehead atoms. The average molecular weight is 339 g/mol. The predicted octanol–water partition coefficient (Wildman–Crippen LogP) is 4.29. The number of aryl methyl sites for hydroxylation is 3. The number of ether oxygens (including phenoxy) is 2. The van der Waals surface area contributed by atoms with Gasteiger partial charge >= 0.3 is 0 Å². The number of nitrogens with one attached hydrogen (secondary N) is 1. The van der Waals surface area contributed by atoms with Crippen molar-refractivity contribution in [2.24, 2.45) is 0 Å². The maximum absolute atomic E-state index is 12.5. The molecular formula is C21H25NO3. The standard InChI is InChI=1S/C21H25NO3/c1-14-8-11-20(24-3)19(12-14)22-21(23)15(2)25-18-10-9-16-6-4-5-7-17(16)13-18/h8-13,15H,4-7H2,1-3H3,(H,22,23)/t15-/m1/s1. The van der Waals surface area contributed by atoms with Crippen molar-refractivity contribution in [1.82, 2.24) is 0 Å². The van der Waals surface area contributed by atoms with Crippen molar-refractivity contribution in [2.45, 2.75) is 45.6 Å². The largest absolute Gasteiger partial charge is 0.495 e. The summed E-state index contributed by atoms with van der Waals surface area (Å²) >= 11 is 0. The van der Waals surface area contributed by atoms with Crippen molar-refractivity contribution < 1.29 is 14.3 Å². The van der Waals surface area contributed by atoms with Gasteiger partial charge in [0.2, 0.25) is 0 Å². The Bertz CT molecular complexity index is 770. The van der Waals surface area contributed by atoms with Crippen molar-refractivity contribution in [3.63, 3.8) is 0 Å². The number of methoxy groups -OCH3 is 1. The second-order valence-corrected chi connectivity index (χ2v) is 6.59. The first-order valence-electron chi connectivity index (χ1n) is 8.81. The van der Waals surface area contributed by atoms with E-state index in [0.29, 0.717) is 11.4 Å². The molecule has 1 amide bonds. The first-order valence-corrected chi connectivity index (χ1v) is 8.81. The maximum Gasteiger partial charge on any atom is 0.265 e. The van der Waals surface area contributed by atoms with Crippen LogP contribution in [-0.2, 0) is 17.6 Å². The molecule has 4 nitrogen and oxygen atoms in total. The van der Waals surface area contributed by atoms with Crippen LogP contribution < -0.4 is 14.8 Å². The van der Waals surface area contributed by atoms with E-state index in [4.69, 9.17) is 9.47 Å². The van der Waals surface area contributed by atoms with Gasteiger partial charge in [-0.3, -0.25) is 4.79 Å². The second kappa shape index (κ2) is 7.60. The molecule has 4 heteroatoms. The molecule has 2 aromatic carbocycles. The van der Waals surface area contributed by atoms with Gasteiger partial charge in [-0.1, -0.05) is 12.1 Å². The molecule has 1 aliphatic rings. The van der Waals surface area contributed by atoms with Crippen molar-refractivity contribution >= 4 is 11.6 Å². The third kappa shape index (κ3) is 4.13. The van der Waals surface area contributed by atoms with Crippen LogP contribution in [0.4, 0.5) is 5.69 Å². The summed E-state index contributed by atoms with van der Waals surface area (Å²) < 4.78 is 11.2. The van der Waals surface area contributed by atoms with E-state index in [1.165, 1.54) is 24.0 Å². The van der Waals surface area contributed by atoms with E-state index in [2.05, 4.69) is 17.4 Å². The molecule has 1 N–H and O–H groups in total. The summed E-state index contributed by atoms with van der Waals surface area (Å²) in [6.45, 7) is 3.74. The topological polar surface area (TPSA) is 47.6 Å². The zero-order chi connectivity index (χ0) is 17.8. The summed E-state index contributed by atoms with van der Waals surface area (Å²) in [4.78, 5) is 12.5. The number of hydrogen-bond acceptors (Lipinski definition) is 3. The highest BCUT2D eigenvalue weighted by atomic mass is 16.5. The van der Waals surface area contributed by atoms with E-state index >= 15 is 0 Å². The Kier molecular flexibility index (Phi) is 5.27. The molecule has 0 aromatic heterocycles. The smallest absolute Gasteiger partial charge is 0.265 e. The lowest BCUT2D eigenvalue weighted by Gasteiger charge is -2.19. The Labute approximate surface area is 149 Å². The van der Waals surface area contributed by atoms with Crippen molar-refractivity contribution in [3.8, 4) is 11.5 Å². The van der Waals surface area contributed by atoms with Crippen LogP contribution in [0.5, 0.6) is 11.5 Å². The Hall–Kier alpha value is -2.49. The summed E-state index contributed by atoms with van der Waals surface area (Å²) in [6, 6.07) is 11.8. The lowest BCUT2D eigenvalue weighted by molar-refractivity contribution is -0.122. The van der Waals surface area contributed by atoms with Gasteiger partial charge in [-0.05, 0) is 80.5 Å². The molecule has 2 aromatic rings. The predicted molar refractivity (Wildman–Crippen MR) is 99.5 cm³/mol. The number of fused-ring (bicyclic) bond motifs is 1. The molecule has 0 saturated heterocycles. The normalized spacial score (nSPS) is 14.4. The van der Waals surface area contributed by atoms with Gasteiger partial charge in [-0.25, -0.2) is 0 Å². The number of benzene rings is 2. The molecule has 1 atom stereocenters. The molecule has 0 spiro atoms. The summed E-state index contributed by atoms with van der Waals surface area (Å²) in [7, 11) is 1.59. The van der Waals surface area contributed by atoms with Crippen LogP contribution in [0, 0.1) is 6.92 Å². The van der Waals surface area contributed by atoms with Crippen LogP contribution in [-0.4, -0.2) is 19.1 Å². The molecule has 0 saturated carbocycles. The van der Waals surface area contributed by atoms with Gasteiger partial charge in [0.1, 0.15) is 11.5 Å². The van der Waals surface area contributed by atoms with Crippen LogP contribution in [0.3, 0.4) is 0 Å². The molecule has 0 radical (unpaired) electrons. The van der Waals surface area contributed by atoms with Gasteiger partial charge in [-0.15, -0.1) is 0 Å². The average Bonchev–Trinajstić information content (AvgIpc) is 2.61. The monoisotopic (exact) mass is 339 g/mol. The Balaban J connectivity index is 1.68. The van der Waals surface area contributed by atoms with Gasteiger partial charge in [0.15, 0.2) is 6.10 Å². The lowest BCUT2D eigenvalue weighted by atomic mass is 9.92. The third-order valence-electron chi connectivity index (χ3n) is 4.61. The fourth-order valence-electron chi connectivity index (χ4n) is 3.19. The van der Waals surface area contributed by atoms with E-state index in [9.17, 15) is 4.79 Å². The van der Waals surface area contributed by atoms with Gasteiger partial charge in [-0.2, -0.15) is 0 Å². The number of carbonyl (C=O) groups is 1. The summed E-state index contributed by atoms with van der Waals surface area (Å²) in [5, 5.41) is 2.90. The molecule has 132 valence electrons. The minimum Gasteiger partial charge on any atom is -0.495 e. The van der Waals surface area contributed by atoms with Crippen LogP contribution >= 0.6 is 0 Å². The molecule has 0 fully saturated rings. The van der Waals surface area contributed by atoms with Crippen molar-refractivity contribution in [1.29, 1.82) is 0 Å². The molecule has 3 rings (SSSR count). The maximum atomic E-state index is 12.5. The number of rotatable bonds is 5. The number of hydrogen-bond donors (Lipinski definition) is 1. The van der Waals surface area contributed by atoms with Crippen LogP contribution in [0.25, 0.3) is 0 Å². The Morgan fingerprint density at radius 3 is 2.60 bits per heavy atom. The van der Waals surface area contributed by atoms with Crippen molar-refractivity contribution in [2.75, 3.05) is 12.4 Å². The van der Waals surface area contributed by atoms with Crippen molar-refractivity contribution in [3.05, 3.63) is 53.1 Å². The second-order valence-electron chi connectivity index (χ2n) is 6.59. The highest BCUT2D eigenvalue weighted by Crippen LogP contribution is 2.27. The van der Waals surface area contributed by atoms with E-state index in [-0.39, 0.29) is 5.91 Å². The molecule has 0 unspecified atom stereocenters. The van der Waals surface area contributed by atoms with E-state index in [1.807, 2.05) is 31.2 Å². The first kappa shape index (κ1) is 17.3. The number of anilines is 1. The van der Waals surface area contributed by atoms with E-state index in [0.717, 1.165) is 24.2 Å². The summed E-state index contributed by atoms with van der Waals surface area (Å²) in [6.07, 6.45) is 4.11. The van der Waals surface area contributed by atoms with Gasteiger partial charge in [0.05, 0.1) is 12.8 Å². The molecule has 0 aliphatic heterocycles. The minimum atomic E-state index is -0.591. The lowest BCUT2D eigenvalue weighted by Crippen LogP contribution is -2.30. The van der Waals surface area contributed by atoms with E-state index < -0.39 is 6.10 Å². The van der Waals surface area contributed by atoms with Gasteiger partial charge in [0.25, 0.3) is 5.91 Å². The summed E-state index contributed by atoms with van der Waals surface area (Å²) in [5.74, 6) is 1.20. The molecule has 1 aliphatic carbocycles. The fourth-order valence-corrected chi connectivity index (χ4v) is 3.19. The van der Waals surface area contributed by atoms with Crippen LogP contribution in [0.2, 0.25) is 0 Å². The molecule has 25 heavy (non-hydrogen) atoms. The highest BCUT2D eigenvalue weighted by molar-refractivity contribution is 5.95. The molecule has 0 heterocycles. The zero-order valence-corrected chi connectivity index (χ0v) is 15.1. The minimum absolute atomic E-state index is 0.193. The SMILES string of the molecule is COc1ccc(C)cc1NC(=O)[C@@H](C)Oc1ccc2c(c1)CCCC2. The summed E-state index contributed by atoms with van der Waals surface area (Å²) in [5.41, 5.74) is 4.46. The van der Waals surface area contributed by atoms with Crippen LogP contribution in [0.1, 0.15) is 36.5 Å². The zero-order valence-electron chi connectivity index (χ0n) is 15.1. The number of carbonyl (C=O) groups excluding carboxylic acids is 1. The quantitative estimate of drug-likeness (QED) is 0.884. The number of amides is 1. The van der Waals surface area contributed by atoms with Gasteiger partial charge in [0, 0.05) is 0 Å². The van der Waals surface area contributed by atoms with Gasteiger partial charge < -0.3 is 14.8 Å². The third-order valence-corrected chi connectivity index (χ3v) is 4.61. The fraction of sp³-hybridized carbons (Fsp3) is 0.381. The van der Waals surface area contributed by atoms with Crippen LogP contribution in [0.15, 0.2) is 36.4 Å². The Morgan fingerprint density at radius 1 is 1.08 bits per heavy atom.